The number of urea groups is 1. The van der Waals surface area contributed by atoms with Crippen LogP contribution in [0.15, 0.2) is 18.2 Å². The summed E-state index contributed by atoms with van der Waals surface area (Å²) in [5.41, 5.74) is 3.22. The fourth-order valence-corrected chi connectivity index (χ4v) is 3.30. The first-order valence-corrected chi connectivity index (χ1v) is 9.92. The summed E-state index contributed by atoms with van der Waals surface area (Å²) in [4.78, 5) is 28.8. The molecule has 0 unspecified atom stereocenters. The van der Waals surface area contributed by atoms with Crippen LogP contribution in [0.3, 0.4) is 0 Å². The number of carbonyl (C=O) groups is 2. The van der Waals surface area contributed by atoms with Crippen molar-refractivity contribution in [1.29, 1.82) is 0 Å². The summed E-state index contributed by atoms with van der Waals surface area (Å²) in [6.07, 6.45) is 1.99. The van der Waals surface area contributed by atoms with Gasteiger partial charge in [0.2, 0.25) is 5.91 Å². The molecule has 1 saturated carbocycles. The van der Waals surface area contributed by atoms with Crippen molar-refractivity contribution in [1.82, 2.24) is 15.5 Å². The molecule has 1 aromatic carbocycles. The molecule has 1 heterocycles. The number of amides is 3. The molecule has 148 valence electrons. The molecule has 0 aromatic heterocycles. The zero-order chi connectivity index (χ0) is 19.4. The van der Waals surface area contributed by atoms with Crippen LogP contribution in [0.2, 0.25) is 0 Å². The quantitative estimate of drug-likeness (QED) is 0.710. The minimum atomic E-state index is -0.493. The van der Waals surface area contributed by atoms with Gasteiger partial charge in [-0.05, 0) is 57.0 Å². The highest BCUT2D eigenvalue weighted by Gasteiger charge is 2.25. The van der Waals surface area contributed by atoms with Crippen LogP contribution in [0.4, 0.5) is 16.2 Å². The van der Waals surface area contributed by atoms with E-state index in [9.17, 15) is 9.59 Å². The number of hydrogen-bond acceptors (Lipinski definition) is 5. The first-order chi connectivity index (χ1) is 13.0. The molecule has 1 saturated heterocycles. The second kappa shape index (κ2) is 8.61. The van der Waals surface area contributed by atoms with Crippen LogP contribution in [0, 0.1) is 6.92 Å². The number of aryl methyl sites for hydroxylation is 1. The predicted octanol–water partition coefficient (Wildman–Crippen LogP) is 1.93. The van der Waals surface area contributed by atoms with Gasteiger partial charge >= 0.3 is 6.03 Å². The number of likely N-dealkylation sites (N-methyl/N-ethyl adjacent to an activating group) is 1. The van der Waals surface area contributed by atoms with Crippen molar-refractivity contribution < 1.29 is 9.59 Å². The number of carbonyl (C=O) groups excluding carboxylic acids is 2. The van der Waals surface area contributed by atoms with Crippen LogP contribution in [0.25, 0.3) is 0 Å². The van der Waals surface area contributed by atoms with E-state index in [-0.39, 0.29) is 11.9 Å². The Kier molecular flexibility index (Phi) is 6.21. The Morgan fingerprint density at radius 3 is 2.48 bits per heavy atom. The highest BCUT2D eigenvalue weighted by atomic mass is 16.2. The average Bonchev–Trinajstić information content (AvgIpc) is 3.47. The predicted molar refractivity (Wildman–Crippen MR) is 108 cm³/mol. The molecule has 0 bridgehead atoms. The van der Waals surface area contributed by atoms with Gasteiger partial charge in [-0.3, -0.25) is 10.1 Å². The van der Waals surface area contributed by atoms with E-state index in [2.05, 4.69) is 44.8 Å². The molecular weight excluding hydrogens is 342 g/mol. The SMILES string of the molecule is CCN1CCN(c2ccc(N[C@@H](C)C(=O)NC(=O)NC3CC3)c(C)c2)CC1. The molecule has 1 atom stereocenters. The van der Waals surface area contributed by atoms with Gasteiger partial charge in [0.05, 0.1) is 0 Å². The van der Waals surface area contributed by atoms with Crippen LogP contribution < -0.4 is 20.9 Å². The lowest BCUT2D eigenvalue weighted by Crippen LogP contribution is -2.46. The molecule has 2 aliphatic rings. The van der Waals surface area contributed by atoms with Gasteiger partial charge < -0.3 is 20.4 Å². The lowest BCUT2D eigenvalue weighted by atomic mass is 10.1. The number of nitrogens with zero attached hydrogens (tertiary/aromatic N) is 2. The lowest BCUT2D eigenvalue weighted by Gasteiger charge is -2.35. The van der Waals surface area contributed by atoms with E-state index in [1.54, 1.807) is 6.92 Å². The third kappa shape index (κ3) is 5.35. The monoisotopic (exact) mass is 373 g/mol. The van der Waals surface area contributed by atoms with Crippen molar-refractivity contribution >= 4 is 23.3 Å². The minimum absolute atomic E-state index is 0.232. The van der Waals surface area contributed by atoms with Crippen molar-refractivity contribution in [2.75, 3.05) is 42.9 Å². The summed E-state index contributed by atoms with van der Waals surface area (Å²) in [6, 6.07) is 5.61. The summed E-state index contributed by atoms with van der Waals surface area (Å²) < 4.78 is 0. The number of rotatable bonds is 6. The summed E-state index contributed by atoms with van der Waals surface area (Å²) in [5.74, 6) is -0.327. The third-order valence-corrected chi connectivity index (χ3v) is 5.31. The standard InChI is InChI=1S/C20H31N5O2/c1-4-24-9-11-25(12-10-24)17-7-8-18(14(2)13-17)21-15(3)19(26)23-20(27)22-16-5-6-16/h7-8,13,15-16,21H,4-6,9-12H2,1-3H3,(H2,22,23,26,27)/t15-/m0/s1. The fraction of sp³-hybridized carbons (Fsp3) is 0.600. The van der Waals surface area contributed by atoms with Gasteiger partial charge in [0.1, 0.15) is 6.04 Å². The zero-order valence-corrected chi connectivity index (χ0v) is 16.5. The number of anilines is 2. The number of nitrogens with one attached hydrogen (secondary N) is 3. The first-order valence-electron chi connectivity index (χ1n) is 9.92. The molecule has 7 nitrogen and oxygen atoms in total. The second-order valence-corrected chi connectivity index (χ2v) is 7.52. The van der Waals surface area contributed by atoms with Crippen LogP contribution in [0.1, 0.15) is 32.3 Å². The highest BCUT2D eigenvalue weighted by Crippen LogP contribution is 2.24. The first kappa shape index (κ1) is 19.5. The van der Waals surface area contributed by atoms with E-state index in [1.165, 1.54) is 5.69 Å². The molecule has 0 radical (unpaired) electrons. The van der Waals surface area contributed by atoms with Crippen molar-refractivity contribution in [2.24, 2.45) is 0 Å². The van der Waals surface area contributed by atoms with E-state index >= 15 is 0 Å². The molecule has 3 N–H and O–H groups in total. The smallest absolute Gasteiger partial charge is 0.321 e. The summed E-state index contributed by atoms with van der Waals surface area (Å²) >= 11 is 0. The maximum Gasteiger partial charge on any atom is 0.321 e. The summed E-state index contributed by atoms with van der Waals surface area (Å²) in [7, 11) is 0. The van der Waals surface area contributed by atoms with E-state index in [1.807, 2.05) is 13.0 Å². The Morgan fingerprint density at radius 1 is 1.19 bits per heavy atom. The average molecular weight is 374 g/mol. The largest absolute Gasteiger partial charge is 0.374 e. The Bertz CT molecular complexity index is 681. The van der Waals surface area contributed by atoms with Crippen LogP contribution in [-0.4, -0.2) is 61.6 Å². The van der Waals surface area contributed by atoms with E-state index in [4.69, 9.17) is 0 Å². The van der Waals surface area contributed by atoms with Crippen LogP contribution >= 0.6 is 0 Å². The van der Waals surface area contributed by atoms with Gasteiger partial charge in [0.25, 0.3) is 0 Å². The lowest BCUT2D eigenvalue weighted by molar-refractivity contribution is -0.120. The molecule has 1 aliphatic carbocycles. The van der Waals surface area contributed by atoms with Gasteiger partial charge in [-0.25, -0.2) is 4.79 Å². The molecule has 0 spiro atoms. The Labute approximate surface area is 161 Å². The maximum atomic E-state index is 12.2. The van der Waals surface area contributed by atoms with Gasteiger partial charge in [0, 0.05) is 43.6 Å². The van der Waals surface area contributed by atoms with Gasteiger partial charge in [0.15, 0.2) is 0 Å². The van der Waals surface area contributed by atoms with Gasteiger partial charge in [-0.15, -0.1) is 0 Å². The molecule has 1 aliphatic heterocycles. The number of piperazine rings is 1. The van der Waals surface area contributed by atoms with E-state index in [0.717, 1.165) is 56.8 Å². The van der Waals surface area contributed by atoms with Gasteiger partial charge in [-0.1, -0.05) is 6.92 Å². The molecule has 7 heteroatoms. The molecule has 3 amide bonds. The van der Waals surface area contributed by atoms with Crippen molar-refractivity contribution in [3.05, 3.63) is 23.8 Å². The Balaban J connectivity index is 1.53. The third-order valence-electron chi connectivity index (χ3n) is 5.31. The number of hydrogen-bond donors (Lipinski definition) is 3. The van der Waals surface area contributed by atoms with Crippen LogP contribution in [-0.2, 0) is 4.79 Å². The summed E-state index contributed by atoms with van der Waals surface area (Å²) in [6.45, 7) is 11.4. The second-order valence-electron chi connectivity index (χ2n) is 7.52. The molecule has 1 aromatic rings. The fourth-order valence-electron chi connectivity index (χ4n) is 3.30. The highest BCUT2D eigenvalue weighted by molar-refractivity contribution is 5.98. The minimum Gasteiger partial charge on any atom is -0.374 e. The van der Waals surface area contributed by atoms with Crippen molar-refractivity contribution in [3.63, 3.8) is 0 Å². The van der Waals surface area contributed by atoms with Gasteiger partial charge in [-0.2, -0.15) is 0 Å². The van der Waals surface area contributed by atoms with E-state index < -0.39 is 12.1 Å². The Hall–Kier alpha value is -2.28. The molecule has 2 fully saturated rings. The Morgan fingerprint density at radius 2 is 1.89 bits per heavy atom. The van der Waals surface area contributed by atoms with E-state index in [0.29, 0.717) is 0 Å². The zero-order valence-electron chi connectivity index (χ0n) is 16.5. The topological polar surface area (TPSA) is 76.7 Å². The normalized spacial score (nSPS) is 18.7. The number of benzene rings is 1. The maximum absolute atomic E-state index is 12.2. The summed E-state index contributed by atoms with van der Waals surface area (Å²) in [5, 5.41) is 8.37. The molecule has 3 rings (SSSR count). The van der Waals surface area contributed by atoms with Crippen molar-refractivity contribution in [3.8, 4) is 0 Å². The molecule has 27 heavy (non-hydrogen) atoms. The molecular formula is C20H31N5O2. The van der Waals surface area contributed by atoms with Crippen molar-refractivity contribution in [2.45, 2.75) is 45.7 Å². The number of imide groups is 1. The van der Waals surface area contributed by atoms with Crippen LogP contribution in [0.5, 0.6) is 0 Å².